The molecule has 0 atom stereocenters. The minimum Gasteiger partial charge on any atom is -0.504 e. The Hall–Kier alpha value is -1.61. The molecule has 148 valence electrons. The zero-order chi connectivity index (χ0) is 19.3. The van der Waals surface area contributed by atoms with Crippen LogP contribution in [0.25, 0.3) is 0 Å². The van der Waals surface area contributed by atoms with Gasteiger partial charge in [0.1, 0.15) is 5.75 Å². The van der Waals surface area contributed by atoms with E-state index in [1.165, 1.54) is 57.8 Å². The average molecular weight is 387 g/mol. The molecule has 2 aromatic carbocycles. The molecule has 1 N–H and O–H groups in total. The van der Waals surface area contributed by atoms with Crippen molar-refractivity contribution in [3.8, 4) is 17.2 Å². The molecule has 0 unspecified atom stereocenters. The molecule has 0 aliphatic rings. The Labute approximate surface area is 170 Å². The first-order valence-electron chi connectivity index (χ1n) is 10.5. The Morgan fingerprint density at radius 2 is 1.37 bits per heavy atom. The summed E-state index contributed by atoms with van der Waals surface area (Å²) in [5, 5.41) is 10.3. The van der Waals surface area contributed by atoms with Gasteiger partial charge in [-0.1, -0.05) is 82.9 Å². The molecule has 0 amide bonds. The van der Waals surface area contributed by atoms with Crippen LogP contribution in [0.4, 0.5) is 0 Å². The van der Waals surface area contributed by atoms with Gasteiger partial charge in [0.15, 0.2) is 11.5 Å². The number of hydrogen-bond acceptors (Lipinski definition) is 3. The van der Waals surface area contributed by atoms with Gasteiger partial charge < -0.3 is 9.84 Å². The Kier molecular flexibility index (Phi) is 10.2. The summed E-state index contributed by atoms with van der Waals surface area (Å²) in [6, 6.07) is 13.1. The lowest BCUT2D eigenvalue weighted by molar-refractivity contribution is 0.404. The molecule has 0 fully saturated rings. The minimum absolute atomic E-state index is 0.179. The van der Waals surface area contributed by atoms with E-state index < -0.39 is 0 Å². The maximum absolute atomic E-state index is 10.3. The van der Waals surface area contributed by atoms with E-state index in [2.05, 4.69) is 19.6 Å². The van der Waals surface area contributed by atoms with Crippen molar-refractivity contribution in [1.29, 1.82) is 0 Å². The van der Waals surface area contributed by atoms with Crippen LogP contribution in [0.1, 0.15) is 76.7 Å². The highest BCUT2D eigenvalue weighted by molar-refractivity contribution is 7.80. The lowest BCUT2D eigenvalue weighted by Gasteiger charge is -2.15. The van der Waals surface area contributed by atoms with Gasteiger partial charge in [0, 0.05) is 10.5 Å². The van der Waals surface area contributed by atoms with Gasteiger partial charge in [-0.25, -0.2) is 0 Å². The van der Waals surface area contributed by atoms with Gasteiger partial charge >= 0.3 is 0 Å². The highest BCUT2D eigenvalue weighted by Crippen LogP contribution is 2.38. The van der Waals surface area contributed by atoms with Crippen molar-refractivity contribution in [2.24, 2.45) is 0 Å². The number of phenolic OH excluding ortho intramolecular Hbond substituents is 1. The Bertz CT molecular complexity index is 655. The van der Waals surface area contributed by atoms with Crippen molar-refractivity contribution in [2.75, 3.05) is 0 Å². The monoisotopic (exact) mass is 386 g/mol. The largest absolute Gasteiger partial charge is 0.504 e. The zero-order valence-electron chi connectivity index (χ0n) is 16.6. The summed E-state index contributed by atoms with van der Waals surface area (Å²) in [5.41, 5.74) is 1.00. The first-order valence-corrected chi connectivity index (χ1v) is 10.9. The number of phenols is 1. The standard InChI is InChI=1S/C24H34O2S/c1-2-3-4-5-6-7-8-9-10-14-17-21-23(27)19-18-22(25)24(21)26-20-15-12-11-13-16-20/h11-13,15-16,18-19,25,27H,2-10,14,17H2,1H3. The predicted molar refractivity (Wildman–Crippen MR) is 117 cm³/mol. The number of aromatic hydroxyl groups is 1. The maximum Gasteiger partial charge on any atom is 0.173 e. The van der Waals surface area contributed by atoms with E-state index in [9.17, 15) is 5.11 Å². The quantitative estimate of drug-likeness (QED) is 0.270. The number of para-hydroxylation sites is 1. The minimum atomic E-state index is 0.179. The van der Waals surface area contributed by atoms with Crippen LogP contribution in [0.3, 0.4) is 0 Å². The second kappa shape index (κ2) is 12.7. The fourth-order valence-corrected chi connectivity index (χ4v) is 3.64. The zero-order valence-corrected chi connectivity index (χ0v) is 17.5. The molecule has 0 aliphatic heterocycles. The van der Waals surface area contributed by atoms with E-state index >= 15 is 0 Å². The van der Waals surface area contributed by atoms with Crippen LogP contribution in [0, 0.1) is 0 Å². The van der Waals surface area contributed by atoms with Gasteiger partial charge in [-0.15, -0.1) is 12.6 Å². The Morgan fingerprint density at radius 1 is 0.778 bits per heavy atom. The van der Waals surface area contributed by atoms with Crippen LogP contribution in [-0.2, 0) is 6.42 Å². The second-order valence-corrected chi connectivity index (χ2v) is 7.74. The Balaban J connectivity index is 1.78. The molecule has 2 rings (SSSR count). The summed E-state index contributed by atoms with van der Waals surface area (Å²) < 4.78 is 5.96. The third-order valence-corrected chi connectivity index (χ3v) is 5.38. The van der Waals surface area contributed by atoms with Gasteiger partial charge in [0.05, 0.1) is 0 Å². The fourth-order valence-electron chi connectivity index (χ4n) is 3.36. The van der Waals surface area contributed by atoms with Gasteiger partial charge in [0.25, 0.3) is 0 Å². The third kappa shape index (κ3) is 7.88. The lowest BCUT2D eigenvalue weighted by Crippen LogP contribution is -1.95. The van der Waals surface area contributed by atoms with E-state index in [0.29, 0.717) is 5.75 Å². The molecule has 2 aromatic rings. The van der Waals surface area contributed by atoms with E-state index in [1.807, 2.05) is 36.4 Å². The smallest absolute Gasteiger partial charge is 0.173 e. The summed E-state index contributed by atoms with van der Waals surface area (Å²) in [5.74, 6) is 1.46. The molecular weight excluding hydrogens is 352 g/mol. The normalized spacial score (nSPS) is 10.9. The summed E-state index contributed by atoms with van der Waals surface area (Å²) in [4.78, 5) is 0.884. The second-order valence-electron chi connectivity index (χ2n) is 7.26. The fraction of sp³-hybridized carbons (Fsp3) is 0.500. The molecule has 0 aromatic heterocycles. The molecule has 0 radical (unpaired) electrons. The maximum atomic E-state index is 10.3. The van der Waals surface area contributed by atoms with Crippen LogP contribution in [0.2, 0.25) is 0 Å². The van der Waals surface area contributed by atoms with Gasteiger partial charge in [-0.3, -0.25) is 0 Å². The lowest BCUT2D eigenvalue weighted by atomic mass is 10.0. The first kappa shape index (κ1) is 21.7. The molecule has 0 bridgehead atoms. The van der Waals surface area contributed by atoms with Crippen molar-refractivity contribution in [2.45, 2.75) is 82.4 Å². The number of unbranched alkanes of at least 4 members (excludes halogenated alkanes) is 9. The molecule has 0 heterocycles. The summed E-state index contributed by atoms with van der Waals surface area (Å²) in [7, 11) is 0. The summed E-state index contributed by atoms with van der Waals surface area (Å²) in [6.07, 6.45) is 14.0. The first-order chi connectivity index (χ1) is 13.2. The van der Waals surface area contributed by atoms with Gasteiger partial charge in [-0.05, 0) is 37.1 Å². The molecule has 2 nitrogen and oxygen atoms in total. The van der Waals surface area contributed by atoms with Crippen molar-refractivity contribution < 1.29 is 9.84 Å². The number of benzene rings is 2. The van der Waals surface area contributed by atoms with E-state index in [1.54, 1.807) is 6.07 Å². The number of ether oxygens (including phenoxy) is 1. The molecule has 0 saturated carbocycles. The van der Waals surface area contributed by atoms with E-state index in [-0.39, 0.29) is 5.75 Å². The molecule has 27 heavy (non-hydrogen) atoms. The number of hydrogen-bond donors (Lipinski definition) is 2. The number of rotatable bonds is 13. The Morgan fingerprint density at radius 3 is 2.00 bits per heavy atom. The van der Waals surface area contributed by atoms with Gasteiger partial charge in [-0.2, -0.15) is 0 Å². The summed E-state index contributed by atoms with van der Waals surface area (Å²) in [6.45, 7) is 2.26. The van der Waals surface area contributed by atoms with Crippen LogP contribution < -0.4 is 4.74 Å². The van der Waals surface area contributed by atoms with E-state index in [4.69, 9.17) is 4.74 Å². The van der Waals surface area contributed by atoms with E-state index in [0.717, 1.165) is 29.1 Å². The van der Waals surface area contributed by atoms with Gasteiger partial charge in [0.2, 0.25) is 0 Å². The highest BCUT2D eigenvalue weighted by atomic mass is 32.1. The SMILES string of the molecule is CCCCCCCCCCCCc1c(S)ccc(O)c1Oc1ccccc1. The topological polar surface area (TPSA) is 29.5 Å². The van der Waals surface area contributed by atoms with Crippen molar-refractivity contribution in [3.05, 3.63) is 48.0 Å². The van der Waals surface area contributed by atoms with Crippen LogP contribution in [0.15, 0.2) is 47.4 Å². The highest BCUT2D eigenvalue weighted by Gasteiger charge is 2.13. The molecule has 3 heteroatoms. The third-order valence-electron chi connectivity index (χ3n) is 4.96. The van der Waals surface area contributed by atoms with Crippen molar-refractivity contribution in [3.63, 3.8) is 0 Å². The molecule has 0 aliphatic carbocycles. The molecular formula is C24H34O2S. The molecule has 0 spiro atoms. The predicted octanol–water partition coefficient (Wildman–Crippen LogP) is 7.94. The van der Waals surface area contributed by atoms with Crippen molar-refractivity contribution >= 4 is 12.6 Å². The van der Waals surface area contributed by atoms with Crippen molar-refractivity contribution in [1.82, 2.24) is 0 Å². The molecule has 0 saturated heterocycles. The average Bonchev–Trinajstić information content (AvgIpc) is 2.69. The summed E-state index contributed by atoms with van der Waals surface area (Å²) >= 11 is 4.59. The van der Waals surface area contributed by atoms with Crippen LogP contribution in [0.5, 0.6) is 17.2 Å². The van der Waals surface area contributed by atoms with Crippen LogP contribution in [-0.4, -0.2) is 5.11 Å². The van der Waals surface area contributed by atoms with Crippen LogP contribution >= 0.6 is 12.6 Å². The number of thiol groups is 1.